The monoisotopic (exact) mass is 335 g/mol. The second kappa shape index (κ2) is 6.24. The van der Waals surface area contributed by atoms with Crippen molar-refractivity contribution >= 4 is 29.1 Å². The van der Waals surface area contributed by atoms with Gasteiger partial charge in [-0.15, -0.1) is 0 Å². The quantitative estimate of drug-likeness (QED) is 0.938. The van der Waals surface area contributed by atoms with Gasteiger partial charge in [0.05, 0.1) is 18.3 Å². The predicted molar refractivity (Wildman–Crippen MR) is 86.6 cm³/mol. The van der Waals surface area contributed by atoms with Crippen molar-refractivity contribution in [3.63, 3.8) is 0 Å². The summed E-state index contributed by atoms with van der Waals surface area (Å²) in [5.74, 6) is -0.0935. The SMILES string of the molecule is N[C@H](Cc1ccc(Cl)cc1Cl)C(=O)N1Cc2cccnc2C1. The molecular formula is C16H15Cl2N3O. The molecule has 22 heavy (non-hydrogen) atoms. The molecule has 0 saturated heterocycles. The number of fused-ring (bicyclic) bond motifs is 1. The van der Waals surface area contributed by atoms with Crippen LogP contribution in [-0.2, 0) is 24.3 Å². The number of aromatic nitrogens is 1. The maximum Gasteiger partial charge on any atom is 0.240 e. The Kier molecular flexibility index (Phi) is 4.34. The lowest BCUT2D eigenvalue weighted by atomic mass is 10.1. The van der Waals surface area contributed by atoms with Crippen LogP contribution < -0.4 is 5.73 Å². The summed E-state index contributed by atoms with van der Waals surface area (Å²) in [6, 6.07) is 8.43. The number of carbonyl (C=O) groups excluding carboxylic acids is 1. The summed E-state index contributed by atoms with van der Waals surface area (Å²) in [5.41, 5.74) is 8.90. The zero-order valence-corrected chi connectivity index (χ0v) is 13.3. The molecule has 0 radical (unpaired) electrons. The van der Waals surface area contributed by atoms with E-state index in [9.17, 15) is 4.79 Å². The molecule has 114 valence electrons. The van der Waals surface area contributed by atoms with Gasteiger partial charge in [0.1, 0.15) is 0 Å². The molecule has 0 bridgehead atoms. The molecule has 2 heterocycles. The van der Waals surface area contributed by atoms with Crippen molar-refractivity contribution in [1.29, 1.82) is 0 Å². The number of benzene rings is 1. The minimum absolute atomic E-state index is 0.0935. The number of amides is 1. The molecular weight excluding hydrogens is 321 g/mol. The molecule has 4 nitrogen and oxygen atoms in total. The lowest BCUT2D eigenvalue weighted by Crippen LogP contribution is -2.42. The maximum atomic E-state index is 12.5. The highest BCUT2D eigenvalue weighted by Crippen LogP contribution is 2.24. The van der Waals surface area contributed by atoms with Crippen LogP contribution in [0.4, 0.5) is 0 Å². The van der Waals surface area contributed by atoms with Gasteiger partial charge in [-0.1, -0.05) is 35.3 Å². The van der Waals surface area contributed by atoms with Crippen molar-refractivity contribution in [2.45, 2.75) is 25.6 Å². The first-order chi connectivity index (χ1) is 10.5. The van der Waals surface area contributed by atoms with E-state index < -0.39 is 6.04 Å². The fraction of sp³-hybridized carbons (Fsp3) is 0.250. The van der Waals surface area contributed by atoms with Crippen LogP contribution in [0.2, 0.25) is 10.0 Å². The summed E-state index contributed by atoms with van der Waals surface area (Å²) in [4.78, 5) is 18.5. The second-order valence-corrected chi connectivity index (χ2v) is 6.19. The summed E-state index contributed by atoms with van der Waals surface area (Å²) < 4.78 is 0. The van der Waals surface area contributed by atoms with Crippen LogP contribution in [0.5, 0.6) is 0 Å². The molecule has 0 spiro atoms. The molecule has 1 aliphatic rings. The third-order valence-electron chi connectivity index (χ3n) is 3.77. The van der Waals surface area contributed by atoms with E-state index in [0.29, 0.717) is 29.6 Å². The fourth-order valence-electron chi connectivity index (χ4n) is 2.60. The molecule has 1 aromatic carbocycles. The van der Waals surface area contributed by atoms with Crippen molar-refractivity contribution in [3.8, 4) is 0 Å². The lowest BCUT2D eigenvalue weighted by Gasteiger charge is -2.20. The van der Waals surface area contributed by atoms with Gasteiger partial charge in [0.2, 0.25) is 5.91 Å². The molecule has 1 aliphatic heterocycles. The van der Waals surface area contributed by atoms with E-state index in [1.165, 1.54) is 0 Å². The normalized spacial score (nSPS) is 14.8. The van der Waals surface area contributed by atoms with E-state index in [0.717, 1.165) is 16.8 Å². The van der Waals surface area contributed by atoms with Crippen LogP contribution in [0.1, 0.15) is 16.8 Å². The van der Waals surface area contributed by atoms with Crippen LogP contribution in [0.3, 0.4) is 0 Å². The Hall–Kier alpha value is -1.62. The lowest BCUT2D eigenvalue weighted by molar-refractivity contribution is -0.133. The van der Waals surface area contributed by atoms with Crippen molar-refractivity contribution in [2.75, 3.05) is 0 Å². The average Bonchev–Trinajstić information content (AvgIpc) is 2.93. The number of carbonyl (C=O) groups is 1. The first-order valence-electron chi connectivity index (χ1n) is 6.95. The highest BCUT2D eigenvalue weighted by atomic mass is 35.5. The van der Waals surface area contributed by atoms with Crippen LogP contribution in [0.25, 0.3) is 0 Å². The number of pyridine rings is 1. The molecule has 2 N–H and O–H groups in total. The summed E-state index contributed by atoms with van der Waals surface area (Å²) in [6.07, 6.45) is 2.12. The van der Waals surface area contributed by atoms with Crippen LogP contribution in [0, 0.1) is 0 Å². The Morgan fingerprint density at radius 3 is 2.86 bits per heavy atom. The Balaban J connectivity index is 1.68. The van der Waals surface area contributed by atoms with E-state index in [1.54, 1.807) is 29.3 Å². The smallest absolute Gasteiger partial charge is 0.240 e. The third kappa shape index (κ3) is 3.09. The Bertz CT molecular complexity index is 695. The highest BCUT2D eigenvalue weighted by Gasteiger charge is 2.28. The minimum Gasteiger partial charge on any atom is -0.331 e. The predicted octanol–water partition coefficient (Wildman–Crippen LogP) is 2.80. The molecule has 6 heteroatoms. The molecule has 2 aromatic rings. The maximum absolute atomic E-state index is 12.5. The fourth-order valence-corrected chi connectivity index (χ4v) is 3.09. The molecule has 0 saturated carbocycles. The minimum atomic E-state index is -0.631. The van der Waals surface area contributed by atoms with Gasteiger partial charge in [0, 0.05) is 22.8 Å². The van der Waals surface area contributed by atoms with E-state index in [2.05, 4.69) is 4.98 Å². The first-order valence-corrected chi connectivity index (χ1v) is 7.71. The molecule has 3 rings (SSSR count). The largest absolute Gasteiger partial charge is 0.331 e. The van der Waals surface area contributed by atoms with E-state index in [4.69, 9.17) is 28.9 Å². The number of halogens is 2. The van der Waals surface area contributed by atoms with E-state index in [-0.39, 0.29) is 5.91 Å². The van der Waals surface area contributed by atoms with Crippen LogP contribution in [-0.4, -0.2) is 21.8 Å². The summed E-state index contributed by atoms with van der Waals surface area (Å²) in [6.45, 7) is 1.07. The number of hydrogen-bond acceptors (Lipinski definition) is 3. The van der Waals surface area contributed by atoms with Gasteiger partial charge in [0.15, 0.2) is 0 Å². The van der Waals surface area contributed by atoms with Gasteiger partial charge in [-0.05, 0) is 35.7 Å². The Labute approximate surface area is 138 Å². The molecule has 0 fully saturated rings. The van der Waals surface area contributed by atoms with Crippen LogP contribution >= 0.6 is 23.2 Å². The second-order valence-electron chi connectivity index (χ2n) is 5.35. The van der Waals surface area contributed by atoms with Gasteiger partial charge in [-0.2, -0.15) is 0 Å². The summed E-state index contributed by atoms with van der Waals surface area (Å²) >= 11 is 12.0. The van der Waals surface area contributed by atoms with Gasteiger partial charge >= 0.3 is 0 Å². The average molecular weight is 336 g/mol. The molecule has 1 atom stereocenters. The number of hydrogen-bond donors (Lipinski definition) is 1. The zero-order chi connectivity index (χ0) is 15.7. The standard InChI is InChI=1S/C16H15Cl2N3O/c17-12-4-3-10(13(18)7-12)6-14(19)16(22)21-8-11-2-1-5-20-15(11)9-21/h1-5,7,14H,6,8-9,19H2/t14-/m1/s1. The van der Waals surface area contributed by atoms with Crippen molar-refractivity contribution < 1.29 is 4.79 Å². The van der Waals surface area contributed by atoms with Gasteiger partial charge < -0.3 is 10.6 Å². The van der Waals surface area contributed by atoms with E-state index in [1.807, 2.05) is 12.1 Å². The highest BCUT2D eigenvalue weighted by molar-refractivity contribution is 6.35. The zero-order valence-electron chi connectivity index (χ0n) is 11.8. The van der Waals surface area contributed by atoms with Gasteiger partial charge in [-0.25, -0.2) is 0 Å². The summed E-state index contributed by atoms with van der Waals surface area (Å²) in [7, 11) is 0. The van der Waals surface area contributed by atoms with Crippen LogP contribution in [0.15, 0.2) is 36.5 Å². The molecule has 0 unspecified atom stereocenters. The third-order valence-corrected chi connectivity index (χ3v) is 4.36. The Morgan fingerprint density at radius 1 is 1.32 bits per heavy atom. The van der Waals surface area contributed by atoms with Gasteiger partial charge in [-0.3, -0.25) is 9.78 Å². The number of rotatable bonds is 3. The summed E-state index contributed by atoms with van der Waals surface area (Å²) in [5, 5.41) is 1.09. The Morgan fingerprint density at radius 2 is 2.14 bits per heavy atom. The number of nitrogens with two attached hydrogens (primary N) is 1. The van der Waals surface area contributed by atoms with Crippen molar-refractivity contribution in [1.82, 2.24) is 9.88 Å². The molecule has 0 aliphatic carbocycles. The van der Waals surface area contributed by atoms with E-state index >= 15 is 0 Å². The first kappa shape index (κ1) is 15.3. The van der Waals surface area contributed by atoms with Gasteiger partial charge in [0.25, 0.3) is 0 Å². The topological polar surface area (TPSA) is 59.2 Å². The van der Waals surface area contributed by atoms with Crippen molar-refractivity contribution in [2.24, 2.45) is 5.73 Å². The number of nitrogens with zero attached hydrogens (tertiary/aromatic N) is 2. The molecule has 1 aromatic heterocycles. The molecule has 1 amide bonds. The van der Waals surface area contributed by atoms with Crippen molar-refractivity contribution in [3.05, 3.63) is 63.4 Å².